The van der Waals surface area contributed by atoms with Crippen LogP contribution >= 0.6 is 0 Å². The zero-order chi connectivity index (χ0) is 26.7. The van der Waals surface area contributed by atoms with Gasteiger partial charge in [-0.2, -0.15) is 4.31 Å². The summed E-state index contributed by atoms with van der Waals surface area (Å²) < 4.78 is 122. The number of ether oxygens (including phenoxy) is 2. The van der Waals surface area contributed by atoms with E-state index in [-0.39, 0.29) is 36.6 Å². The summed E-state index contributed by atoms with van der Waals surface area (Å²) in [4.78, 5) is 12.4. The highest BCUT2D eigenvalue weighted by atomic mass is 32.2. The molecule has 1 aliphatic heterocycles. The third kappa shape index (κ3) is 7.20. The van der Waals surface area contributed by atoms with Crippen LogP contribution in [-0.2, 0) is 21.4 Å². The normalized spacial score (nSPS) is 17.5. The maximum absolute atomic E-state index is 13.9. The number of carbonyl (C=O) groups excluding carboxylic acids is 1. The molecule has 2 aromatic rings. The number of amides is 1. The van der Waals surface area contributed by atoms with Gasteiger partial charge in [-0.1, -0.05) is 6.07 Å². The topological polar surface area (TPSA) is 97.0 Å². The van der Waals surface area contributed by atoms with Crippen molar-refractivity contribution in [3.05, 3.63) is 53.8 Å². The zero-order valence-corrected chi connectivity index (χ0v) is 18.8. The number of carbonyl (C=O) groups is 1. The molecule has 1 heterocycles. The largest absolute Gasteiger partial charge is 0.573 e. The van der Waals surface area contributed by atoms with Crippen molar-refractivity contribution < 1.29 is 53.4 Å². The molecule has 1 amide bonds. The van der Waals surface area contributed by atoms with Gasteiger partial charge in [0.05, 0.1) is 4.90 Å². The number of benzene rings is 2. The molecule has 0 saturated carbocycles. The Kier molecular flexibility index (Phi) is 8.00. The first-order chi connectivity index (χ1) is 16.7. The van der Waals surface area contributed by atoms with E-state index >= 15 is 0 Å². The number of sulfonamides is 1. The first-order valence-electron chi connectivity index (χ1n) is 10.1. The van der Waals surface area contributed by atoms with Crippen LogP contribution in [0.3, 0.4) is 0 Å². The molecule has 36 heavy (non-hydrogen) atoms. The summed E-state index contributed by atoms with van der Waals surface area (Å²) in [6.45, 7) is -0.396. The van der Waals surface area contributed by atoms with E-state index in [4.69, 9.17) is 0 Å². The third-order valence-electron chi connectivity index (χ3n) is 4.85. The van der Waals surface area contributed by atoms with Gasteiger partial charge in [-0.25, -0.2) is 12.8 Å². The summed E-state index contributed by atoms with van der Waals surface area (Å²) in [5.41, 5.74) is 0.0776. The molecule has 0 aliphatic carbocycles. The van der Waals surface area contributed by atoms with E-state index in [1.54, 1.807) is 0 Å². The van der Waals surface area contributed by atoms with Gasteiger partial charge in [0, 0.05) is 26.2 Å². The Balaban J connectivity index is 1.70. The van der Waals surface area contributed by atoms with Crippen molar-refractivity contribution in [3.63, 3.8) is 0 Å². The van der Waals surface area contributed by atoms with Crippen LogP contribution in [0.4, 0.5) is 30.7 Å². The average Bonchev–Trinajstić information content (AvgIpc) is 2.77. The maximum atomic E-state index is 13.9. The Labute approximate surface area is 200 Å². The second kappa shape index (κ2) is 10.5. The minimum Gasteiger partial charge on any atom is -0.406 e. The Bertz CT molecular complexity index is 1190. The molecule has 3 rings (SSSR count). The number of piperazine rings is 1. The van der Waals surface area contributed by atoms with Crippen LogP contribution in [0.5, 0.6) is 11.5 Å². The zero-order valence-electron chi connectivity index (χ0n) is 18.0. The molecule has 0 unspecified atom stereocenters. The van der Waals surface area contributed by atoms with Crippen molar-refractivity contribution >= 4 is 15.9 Å². The lowest BCUT2D eigenvalue weighted by atomic mass is 10.2. The van der Waals surface area contributed by atoms with Crippen LogP contribution in [0.1, 0.15) is 5.56 Å². The molecule has 16 heteroatoms. The number of hydrogen-bond acceptors (Lipinski definition) is 6. The molecule has 1 atom stereocenters. The Hall–Kier alpha value is -3.11. The lowest BCUT2D eigenvalue weighted by Gasteiger charge is -2.34. The summed E-state index contributed by atoms with van der Waals surface area (Å²) in [5.74, 6) is -3.80. The van der Waals surface area contributed by atoms with E-state index in [1.807, 2.05) is 0 Å². The quantitative estimate of drug-likeness (QED) is 0.520. The highest BCUT2D eigenvalue weighted by molar-refractivity contribution is 7.89. The molecule has 0 radical (unpaired) electrons. The molecule has 2 aromatic carbocycles. The number of halogens is 7. The molecular formula is C20H18F7N3O5S. The SMILES string of the molecule is O=C(NCc1ccc(OC(F)(F)F)c(F)c1)[C@H]1CNCCN1S(=O)(=O)c1ccc(OC(F)(F)F)cc1. The van der Waals surface area contributed by atoms with Gasteiger partial charge in [0.2, 0.25) is 15.9 Å². The molecule has 0 bridgehead atoms. The number of alkyl halides is 6. The Morgan fingerprint density at radius 2 is 1.67 bits per heavy atom. The second-order valence-corrected chi connectivity index (χ2v) is 9.28. The number of hydrogen-bond donors (Lipinski definition) is 2. The van der Waals surface area contributed by atoms with Gasteiger partial charge in [-0.15, -0.1) is 26.3 Å². The monoisotopic (exact) mass is 545 g/mol. The molecule has 0 aromatic heterocycles. The van der Waals surface area contributed by atoms with Crippen LogP contribution in [0.15, 0.2) is 47.4 Å². The lowest BCUT2D eigenvalue weighted by molar-refractivity contribution is -0.276. The molecular weight excluding hydrogens is 527 g/mol. The van der Waals surface area contributed by atoms with Gasteiger partial charge >= 0.3 is 12.7 Å². The van der Waals surface area contributed by atoms with E-state index in [1.165, 1.54) is 0 Å². The van der Waals surface area contributed by atoms with E-state index in [2.05, 4.69) is 20.1 Å². The van der Waals surface area contributed by atoms with Gasteiger partial charge in [0.25, 0.3) is 0 Å². The predicted molar refractivity (Wildman–Crippen MR) is 109 cm³/mol. The Morgan fingerprint density at radius 3 is 2.25 bits per heavy atom. The number of nitrogens with one attached hydrogen (secondary N) is 2. The minimum absolute atomic E-state index is 0.0776. The molecule has 1 fully saturated rings. The number of rotatable bonds is 7. The average molecular weight is 545 g/mol. The Morgan fingerprint density at radius 1 is 1.03 bits per heavy atom. The summed E-state index contributed by atoms with van der Waals surface area (Å²) in [6, 6.07) is 4.71. The van der Waals surface area contributed by atoms with Crippen molar-refractivity contribution in [2.45, 2.75) is 30.2 Å². The van der Waals surface area contributed by atoms with E-state index in [9.17, 15) is 43.9 Å². The maximum Gasteiger partial charge on any atom is 0.573 e. The first-order valence-corrected chi connectivity index (χ1v) is 11.5. The van der Waals surface area contributed by atoms with Gasteiger partial charge in [-0.05, 0) is 42.0 Å². The van der Waals surface area contributed by atoms with Gasteiger partial charge in [0.15, 0.2) is 11.6 Å². The van der Waals surface area contributed by atoms with Crippen LogP contribution in [0, 0.1) is 5.82 Å². The van der Waals surface area contributed by atoms with Crippen molar-refractivity contribution in [2.24, 2.45) is 0 Å². The van der Waals surface area contributed by atoms with E-state index in [0.717, 1.165) is 46.8 Å². The first kappa shape index (κ1) is 27.5. The summed E-state index contributed by atoms with van der Waals surface area (Å²) >= 11 is 0. The van der Waals surface area contributed by atoms with E-state index in [0.29, 0.717) is 0 Å². The lowest BCUT2D eigenvalue weighted by Crippen LogP contribution is -2.59. The van der Waals surface area contributed by atoms with Crippen molar-refractivity contribution in [3.8, 4) is 11.5 Å². The molecule has 198 valence electrons. The van der Waals surface area contributed by atoms with Crippen molar-refractivity contribution in [2.75, 3.05) is 19.6 Å². The fourth-order valence-electron chi connectivity index (χ4n) is 3.31. The van der Waals surface area contributed by atoms with Crippen LogP contribution in [-0.4, -0.2) is 57.0 Å². The smallest absolute Gasteiger partial charge is 0.406 e. The standard InChI is InChI=1S/C20H18F7N3O5S/c21-15-9-12(1-6-17(15)35-20(25,26)27)10-29-18(31)16-11-28-7-8-30(16)36(32,33)14-4-2-13(3-5-14)34-19(22,23)24/h1-6,9,16,28H,7-8,10-11H2,(H,29,31)/t16-/m1/s1. The highest BCUT2D eigenvalue weighted by Crippen LogP contribution is 2.27. The summed E-state index contributed by atoms with van der Waals surface area (Å²) in [6.07, 6.45) is -10.1. The predicted octanol–water partition coefficient (Wildman–Crippen LogP) is 2.90. The molecule has 2 N–H and O–H groups in total. The third-order valence-corrected chi connectivity index (χ3v) is 6.77. The molecule has 1 aliphatic rings. The van der Waals surface area contributed by atoms with Gasteiger partial charge in [0.1, 0.15) is 11.8 Å². The second-order valence-electron chi connectivity index (χ2n) is 7.39. The van der Waals surface area contributed by atoms with Crippen molar-refractivity contribution in [1.82, 2.24) is 14.9 Å². The van der Waals surface area contributed by atoms with Gasteiger partial charge in [-0.3, -0.25) is 4.79 Å². The van der Waals surface area contributed by atoms with Crippen LogP contribution in [0.2, 0.25) is 0 Å². The molecule has 8 nitrogen and oxygen atoms in total. The number of nitrogens with zero attached hydrogens (tertiary/aromatic N) is 1. The van der Waals surface area contributed by atoms with E-state index < -0.39 is 52.0 Å². The highest BCUT2D eigenvalue weighted by Gasteiger charge is 2.38. The van der Waals surface area contributed by atoms with Gasteiger partial charge < -0.3 is 20.1 Å². The fraction of sp³-hybridized carbons (Fsp3) is 0.350. The van der Waals surface area contributed by atoms with Crippen LogP contribution in [0.25, 0.3) is 0 Å². The minimum atomic E-state index is -5.09. The summed E-state index contributed by atoms with van der Waals surface area (Å²) in [7, 11) is -4.32. The molecule has 1 saturated heterocycles. The van der Waals surface area contributed by atoms with Crippen molar-refractivity contribution in [1.29, 1.82) is 0 Å². The summed E-state index contributed by atoms with van der Waals surface area (Å²) in [5, 5.41) is 5.24. The molecule has 0 spiro atoms. The van der Waals surface area contributed by atoms with Crippen LogP contribution < -0.4 is 20.1 Å². The fourth-order valence-corrected chi connectivity index (χ4v) is 4.90.